The lowest BCUT2D eigenvalue weighted by Crippen LogP contribution is -2.25. The Bertz CT molecular complexity index is 426. The van der Waals surface area contributed by atoms with Crippen LogP contribution in [0.2, 0.25) is 0 Å². The van der Waals surface area contributed by atoms with Gasteiger partial charge in [-0.3, -0.25) is 9.59 Å². The summed E-state index contributed by atoms with van der Waals surface area (Å²) in [7, 11) is 0. The van der Waals surface area contributed by atoms with E-state index >= 15 is 0 Å². The molecule has 0 atom stereocenters. The highest BCUT2D eigenvalue weighted by molar-refractivity contribution is 7.18. The van der Waals surface area contributed by atoms with Crippen LogP contribution in [0.25, 0.3) is 0 Å². The molecule has 1 saturated carbocycles. The number of rotatable bonds is 5. The molecule has 6 heteroatoms. The molecule has 2 amide bonds. The van der Waals surface area contributed by atoms with Crippen LogP contribution in [0.5, 0.6) is 0 Å². The summed E-state index contributed by atoms with van der Waals surface area (Å²) in [4.78, 5) is 23.5. The second kappa shape index (κ2) is 5.29. The first-order valence-corrected chi connectivity index (χ1v) is 6.32. The third-order valence-electron chi connectivity index (χ3n) is 2.42. The van der Waals surface area contributed by atoms with E-state index in [1.165, 1.54) is 11.3 Å². The van der Waals surface area contributed by atoms with E-state index in [1.807, 2.05) is 0 Å². The minimum atomic E-state index is -0.226. The lowest BCUT2D eigenvalue weighted by molar-refractivity contribution is -0.117. The molecule has 0 aromatic carbocycles. The van der Waals surface area contributed by atoms with Gasteiger partial charge in [0.25, 0.3) is 5.91 Å². The number of anilines is 1. The van der Waals surface area contributed by atoms with Crippen molar-refractivity contribution in [3.63, 3.8) is 0 Å². The van der Waals surface area contributed by atoms with E-state index in [0.717, 1.165) is 12.8 Å². The van der Waals surface area contributed by atoms with Crippen molar-refractivity contribution in [3.8, 4) is 0 Å². The summed E-state index contributed by atoms with van der Waals surface area (Å²) in [5.41, 5.74) is 0. The SMILES string of the molecule is O=C(NCCO)c1ccc(NC(=O)C2CC2)s1. The summed E-state index contributed by atoms with van der Waals surface area (Å²) < 4.78 is 0. The second-order valence-electron chi connectivity index (χ2n) is 3.91. The molecule has 1 heterocycles. The summed E-state index contributed by atoms with van der Waals surface area (Å²) in [5, 5.41) is 14.6. The topological polar surface area (TPSA) is 78.4 Å². The summed E-state index contributed by atoms with van der Waals surface area (Å²) in [6.45, 7) is 0.156. The molecule has 3 N–H and O–H groups in total. The molecule has 1 fully saturated rings. The zero-order valence-electron chi connectivity index (χ0n) is 9.23. The number of amides is 2. The number of aliphatic hydroxyl groups is 1. The van der Waals surface area contributed by atoms with E-state index < -0.39 is 0 Å². The number of thiophene rings is 1. The van der Waals surface area contributed by atoms with Crippen molar-refractivity contribution < 1.29 is 14.7 Å². The minimum Gasteiger partial charge on any atom is -0.395 e. The van der Waals surface area contributed by atoms with Crippen molar-refractivity contribution in [1.82, 2.24) is 5.32 Å². The van der Waals surface area contributed by atoms with Crippen LogP contribution in [-0.4, -0.2) is 30.1 Å². The van der Waals surface area contributed by atoms with Gasteiger partial charge in [0, 0.05) is 12.5 Å². The van der Waals surface area contributed by atoms with Crippen molar-refractivity contribution in [2.75, 3.05) is 18.5 Å². The summed E-state index contributed by atoms with van der Waals surface area (Å²) >= 11 is 1.24. The van der Waals surface area contributed by atoms with Gasteiger partial charge < -0.3 is 15.7 Å². The van der Waals surface area contributed by atoms with E-state index in [9.17, 15) is 9.59 Å². The van der Waals surface area contributed by atoms with Gasteiger partial charge in [0.1, 0.15) is 0 Å². The van der Waals surface area contributed by atoms with Gasteiger partial charge in [-0.15, -0.1) is 11.3 Å². The van der Waals surface area contributed by atoms with E-state index in [0.29, 0.717) is 9.88 Å². The van der Waals surface area contributed by atoms with Crippen LogP contribution >= 0.6 is 11.3 Å². The van der Waals surface area contributed by atoms with Gasteiger partial charge in [0.15, 0.2) is 0 Å². The molecule has 92 valence electrons. The van der Waals surface area contributed by atoms with Crippen molar-refractivity contribution in [1.29, 1.82) is 0 Å². The van der Waals surface area contributed by atoms with Crippen molar-refractivity contribution in [2.24, 2.45) is 5.92 Å². The number of hydrogen-bond acceptors (Lipinski definition) is 4. The Morgan fingerprint density at radius 1 is 1.41 bits per heavy atom. The van der Waals surface area contributed by atoms with E-state index in [2.05, 4.69) is 10.6 Å². The standard InChI is InChI=1S/C11H14N2O3S/c14-6-5-12-11(16)8-3-4-9(17-8)13-10(15)7-1-2-7/h3-4,7,14H,1-2,5-6H2,(H,12,16)(H,13,15). The zero-order valence-corrected chi connectivity index (χ0v) is 10.0. The number of carbonyl (C=O) groups excluding carboxylic acids is 2. The van der Waals surface area contributed by atoms with Crippen LogP contribution in [0.1, 0.15) is 22.5 Å². The third-order valence-corrected chi connectivity index (χ3v) is 3.42. The van der Waals surface area contributed by atoms with E-state index in [1.54, 1.807) is 12.1 Å². The highest BCUT2D eigenvalue weighted by atomic mass is 32.1. The van der Waals surface area contributed by atoms with Crippen LogP contribution in [-0.2, 0) is 4.79 Å². The van der Waals surface area contributed by atoms with Gasteiger partial charge in [-0.2, -0.15) is 0 Å². The van der Waals surface area contributed by atoms with Crippen LogP contribution < -0.4 is 10.6 Å². The molecule has 5 nitrogen and oxygen atoms in total. The summed E-state index contributed by atoms with van der Waals surface area (Å²) in [6.07, 6.45) is 1.92. The quantitative estimate of drug-likeness (QED) is 0.728. The van der Waals surface area contributed by atoms with Gasteiger partial charge in [0.2, 0.25) is 5.91 Å². The highest BCUT2D eigenvalue weighted by Crippen LogP contribution is 2.31. The predicted octanol–water partition coefficient (Wildman–Crippen LogP) is 0.819. The first kappa shape index (κ1) is 12.1. The first-order valence-electron chi connectivity index (χ1n) is 5.50. The minimum absolute atomic E-state index is 0.0363. The highest BCUT2D eigenvalue weighted by Gasteiger charge is 2.29. The molecular formula is C11H14N2O3S. The first-order chi connectivity index (χ1) is 8.20. The van der Waals surface area contributed by atoms with Gasteiger partial charge in [-0.1, -0.05) is 0 Å². The monoisotopic (exact) mass is 254 g/mol. The second-order valence-corrected chi connectivity index (χ2v) is 4.99. The van der Waals surface area contributed by atoms with Crippen LogP contribution in [0.4, 0.5) is 5.00 Å². The molecule has 0 spiro atoms. The number of nitrogens with one attached hydrogen (secondary N) is 2. The van der Waals surface area contributed by atoms with Crippen LogP contribution in [0.15, 0.2) is 12.1 Å². The van der Waals surface area contributed by atoms with Crippen molar-refractivity contribution >= 4 is 28.2 Å². The number of hydrogen-bond donors (Lipinski definition) is 3. The van der Waals surface area contributed by atoms with E-state index in [4.69, 9.17) is 5.11 Å². The maximum Gasteiger partial charge on any atom is 0.261 e. The van der Waals surface area contributed by atoms with Gasteiger partial charge >= 0.3 is 0 Å². The Kier molecular flexibility index (Phi) is 3.75. The lowest BCUT2D eigenvalue weighted by atomic mass is 10.4. The average molecular weight is 254 g/mol. The fourth-order valence-corrected chi connectivity index (χ4v) is 2.18. The zero-order chi connectivity index (χ0) is 12.3. The molecule has 0 unspecified atom stereocenters. The molecule has 0 saturated heterocycles. The normalized spacial score (nSPS) is 14.4. The molecule has 17 heavy (non-hydrogen) atoms. The maximum atomic E-state index is 11.5. The fraction of sp³-hybridized carbons (Fsp3) is 0.455. The fourth-order valence-electron chi connectivity index (χ4n) is 1.35. The van der Waals surface area contributed by atoms with Crippen LogP contribution in [0, 0.1) is 5.92 Å². The predicted molar refractivity (Wildman–Crippen MR) is 65.1 cm³/mol. The maximum absolute atomic E-state index is 11.5. The molecule has 1 aliphatic rings. The smallest absolute Gasteiger partial charge is 0.261 e. The molecule has 0 aliphatic heterocycles. The molecule has 2 rings (SSSR count). The lowest BCUT2D eigenvalue weighted by Gasteiger charge is -2.00. The van der Waals surface area contributed by atoms with Gasteiger partial charge in [-0.25, -0.2) is 0 Å². The molecule has 0 radical (unpaired) electrons. The Morgan fingerprint density at radius 3 is 2.82 bits per heavy atom. The largest absolute Gasteiger partial charge is 0.395 e. The Morgan fingerprint density at radius 2 is 2.18 bits per heavy atom. The summed E-state index contributed by atoms with van der Waals surface area (Å²) in [6, 6.07) is 3.39. The molecule has 0 bridgehead atoms. The molecule has 1 aromatic rings. The van der Waals surface area contributed by atoms with Gasteiger partial charge in [0.05, 0.1) is 16.5 Å². The van der Waals surface area contributed by atoms with Crippen molar-refractivity contribution in [3.05, 3.63) is 17.0 Å². The third kappa shape index (κ3) is 3.28. The summed E-state index contributed by atoms with van der Waals surface area (Å²) in [5.74, 6) is -0.0334. The molecule has 1 aromatic heterocycles. The Hall–Kier alpha value is -1.40. The van der Waals surface area contributed by atoms with E-state index in [-0.39, 0.29) is 30.9 Å². The average Bonchev–Trinajstić information content (AvgIpc) is 3.07. The van der Waals surface area contributed by atoms with Crippen molar-refractivity contribution in [2.45, 2.75) is 12.8 Å². The Balaban J connectivity index is 1.90. The molecule has 1 aliphatic carbocycles. The Labute approximate surface area is 103 Å². The molecular weight excluding hydrogens is 240 g/mol. The van der Waals surface area contributed by atoms with Gasteiger partial charge in [-0.05, 0) is 25.0 Å². The number of aliphatic hydroxyl groups excluding tert-OH is 1. The number of carbonyl (C=O) groups is 2. The van der Waals surface area contributed by atoms with Crippen LogP contribution in [0.3, 0.4) is 0 Å².